The predicted molar refractivity (Wildman–Crippen MR) is 93.1 cm³/mol. The summed E-state index contributed by atoms with van der Waals surface area (Å²) in [4.78, 5) is 32.8. The standard InChI is InChI=1S/C17H20F3N5O2/c1-24-5-7-25(8-6-24)16-22-13(10-14(26)23-16)15(27)21-12-4-2-3-11(9-12)17(18,19)20/h2-4,9,13H,5-8,10H2,1H3,(H,21,27)(H,22,23,26). The minimum Gasteiger partial charge on any atom is -0.340 e. The monoisotopic (exact) mass is 383 g/mol. The first-order chi connectivity index (χ1) is 12.7. The van der Waals surface area contributed by atoms with Gasteiger partial charge in [-0.25, -0.2) is 4.99 Å². The number of benzene rings is 1. The smallest absolute Gasteiger partial charge is 0.340 e. The molecular formula is C17H20F3N5O2. The number of hydrogen-bond acceptors (Lipinski definition) is 5. The number of rotatable bonds is 2. The van der Waals surface area contributed by atoms with Crippen LogP contribution >= 0.6 is 0 Å². The fourth-order valence-electron chi connectivity index (χ4n) is 2.91. The second-order valence-corrected chi connectivity index (χ2v) is 6.58. The van der Waals surface area contributed by atoms with Gasteiger partial charge in [-0.2, -0.15) is 13.2 Å². The first-order valence-electron chi connectivity index (χ1n) is 8.51. The summed E-state index contributed by atoms with van der Waals surface area (Å²) in [6, 6.07) is 3.37. The molecule has 0 saturated carbocycles. The number of carbonyl (C=O) groups is 2. The van der Waals surface area contributed by atoms with Crippen LogP contribution in [-0.2, 0) is 15.8 Å². The third-order valence-electron chi connectivity index (χ3n) is 4.47. The Hall–Kier alpha value is -2.62. The molecule has 7 nitrogen and oxygen atoms in total. The van der Waals surface area contributed by atoms with Gasteiger partial charge in [0.25, 0.3) is 0 Å². The maximum Gasteiger partial charge on any atom is 0.416 e. The van der Waals surface area contributed by atoms with Crippen molar-refractivity contribution in [3.05, 3.63) is 29.8 Å². The fraction of sp³-hybridized carbons (Fsp3) is 0.471. The molecule has 0 bridgehead atoms. The zero-order chi connectivity index (χ0) is 19.6. The number of piperazine rings is 1. The molecule has 10 heteroatoms. The zero-order valence-corrected chi connectivity index (χ0v) is 14.7. The number of nitrogens with one attached hydrogen (secondary N) is 2. The molecule has 0 spiro atoms. The number of likely N-dealkylation sites (N-methyl/N-ethyl adjacent to an activating group) is 1. The van der Waals surface area contributed by atoms with Gasteiger partial charge >= 0.3 is 6.18 Å². The summed E-state index contributed by atoms with van der Waals surface area (Å²) < 4.78 is 38.4. The molecule has 0 radical (unpaired) electrons. The van der Waals surface area contributed by atoms with Crippen LogP contribution in [0.4, 0.5) is 18.9 Å². The number of guanidine groups is 1. The van der Waals surface area contributed by atoms with Crippen LogP contribution in [-0.4, -0.2) is 66.8 Å². The fourth-order valence-corrected chi connectivity index (χ4v) is 2.91. The Morgan fingerprint density at radius 2 is 1.96 bits per heavy atom. The number of anilines is 1. The van der Waals surface area contributed by atoms with E-state index in [1.54, 1.807) is 0 Å². The average Bonchev–Trinajstić information content (AvgIpc) is 2.61. The lowest BCUT2D eigenvalue weighted by Gasteiger charge is -2.36. The minimum absolute atomic E-state index is 0.0113. The Balaban J connectivity index is 1.72. The van der Waals surface area contributed by atoms with E-state index in [-0.39, 0.29) is 18.0 Å². The third-order valence-corrected chi connectivity index (χ3v) is 4.47. The SMILES string of the molecule is CN1CCN(C2=NC(C(=O)Nc3cccc(C(F)(F)F)c3)CC(=O)N2)CC1. The Morgan fingerprint density at radius 3 is 2.63 bits per heavy atom. The first-order valence-corrected chi connectivity index (χ1v) is 8.51. The molecule has 2 amide bonds. The quantitative estimate of drug-likeness (QED) is 0.803. The number of amides is 2. The van der Waals surface area contributed by atoms with Crippen LogP contribution in [0.25, 0.3) is 0 Å². The minimum atomic E-state index is -4.50. The van der Waals surface area contributed by atoms with E-state index in [9.17, 15) is 22.8 Å². The van der Waals surface area contributed by atoms with Crippen LogP contribution in [0.5, 0.6) is 0 Å². The van der Waals surface area contributed by atoms with Crippen LogP contribution in [0.2, 0.25) is 0 Å². The van der Waals surface area contributed by atoms with Gasteiger partial charge in [-0.05, 0) is 25.2 Å². The molecule has 1 aromatic rings. The normalized spacial score (nSPS) is 21.5. The summed E-state index contributed by atoms with van der Waals surface area (Å²) in [5.74, 6) is -0.623. The lowest BCUT2D eigenvalue weighted by molar-refractivity contribution is -0.137. The molecule has 2 aliphatic rings. The summed E-state index contributed by atoms with van der Waals surface area (Å²) >= 11 is 0. The lowest BCUT2D eigenvalue weighted by Crippen LogP contribution is -2.55. The highest BCUT2D eigenvalue weighted by Crippen LogP contribution is 2.30. The van der Waals surface area contributed by atoms with Crippen LogP contribution in [0.15, 0.2) is 29.3 Å². The Bertz CT molecular complexity index is 757. The predicted octanol–water partition coefficient (Wildman–Crippen LogP) is 1.14. The molecule has 1 unspecified atom stereocenters. The van der Waals surface area contributed by atoms with E-state index in [1.807, 2.05) is 11.9 Å². The average molecular weight is 383 g/mol. The van der Waals surface area contributed by atoms with Crippen molar-refractivity contribution in [1.82, 2.24) is 15.1 Å². The molecule has 27 heavy (non-hydrogen) atoms. The van der Waals surface area contributed by atoms with Crippen molar-refractivity contribution in [2.75, 3.05) is 38.5 Å². The summed E-state index contributed by atoms with van der Waals surface area (Å²) in [7, 11) is 1.99. The summed E-state index contributed by atoms with van der Waals surface area (Å²) in [6.45, 7) is 2.93. The van der Waals surface area contributed by atoms with E-state index in [1.165, 1.54) is 12.1 Å². The largest absolute Gasteiger partial charge is 0.416 e. The van der Waals surface area contributed by atoms with E-state index in [2.05, 4.69) is 20.5 Å². The molecule has 2 aliphatic heterocycles. The Kier molecular flexibility index (Phi) is 5.36. The van der Waals surface area contributed by atoms with E-state index in [0.717, 1.165) is 25.2 Å². The second-order valence-electron chi connectivity index (χ2n) is 6.58. The Labute approximate surface area is 154 Å². The highest BCUT2D eigenvalue weighted by molar-refractivity contribution is 6.06. The van der Waals surface area contributed by atoms with Crippen molar-refractivity contribution in [2.24, 2.45) is 4.99 Å². The maximum absolute atomic E-state index is 12.8. The van der Waals surface area contributed by atoms with Gasteiger partial charge in [-0.15, -0.1) is 0 Å². The van der Waals surface area contributed by atoms with Crippen molar-refractivity contribution in [3.8, 4) is 0 Å². The molecule has 146 valence electrons. The van der Waals surface area contributed by atoms with Gasteiger partial charge in [-0.3, -0.25) is 14.9 Å². The molecule has 1 fully saturated rings. The molecule has 3 rings (SSSR count). The number of carbonyl (C=O) groups excluding carboxylic acids is 2. The van der Waals surface area contributed by atoms with Crippen molar-refractivity contribution in [3.63, 3.8) is 0 Å². The molecule has 0 aromatic heterocycles. The van der Waals surface area contributed by atoms with Crippen molar-refractivity contribution < 1.29 is 22.8 Å². The number of aliphatic imine (C=N–C) groups is 1. The summed E-state index contributed by atoms with van der Waals surface area (Å²) in [5, 5.41) is 5.09. The maximum atomic E-state index is 12.8. The van der Waals surface area contributed by atoms with Crippen LogP contribution in [0, 0.1) is 0 Å². The van der Waals surface area contributed by atoms with Gasteiger partial charge in [0, 0.05) is 31.9 Å². The van der Waals surface area contributed by atoms with Crippen molar-refractivity contribution >= 4 is 23.5 Å². The third kappa shape index (κ3) is 4.76. The van der Waals surface area contributed by atoms with E-state index < -0.39 is 23.7 Å². The van der Waals surface area contributed by atoms with Gasteiger partial charge < -0.3 is 15.1 Å². The molecular weight excluding hydrogens is 363 g/mol. The highest BCUT2D eigenvalue weighted by atomic mass is 19.4. The van der Waals surface area contributed by atoms with Gasteiger partial charge in [0.1, 0.15) is 6.04 Å². The van der Waals surface area contributed by atoms with Gasteiger partial charge in [0.2, 0.25) is 17.8 Å². The molecule has 2 N–H and O–H groups in total. The summed E-state index contributed by atoms with van der Waals surface area (Å²) in [6.07, 6.45) is -4.65. The van der Waals surface area contributed by atoms with E-state index >= 15 is 0 Å². The van der Waals surface area contributed by atoms with Crippen molar-refractivity contribution in [2.45, 2.75) is 18.6 Å². The van der Waals surface area contributed by atoms with Crippen LogP contribution in [0.1, 0.15) is 12.0 Å². The number of alkyl halides is 3. The highest BCUT2D eigenvalue weighted by Gasteiger charge is 2.32. The molecule has 1 atom stereocenters. The lowest BCUT2D eigenvalue weighted by atomic mass is 10.1. The topological polar surface area (TPSA) is 77.0 Å². The van der Waals surface area contributed by atoms with Gasteiger partial charge in [-0.1, -0.05) is 6.07 Å². The molecule has 2 heterocycles. The number of nitrogens with zero attached hydrogens (tertiary/aromatic N) is 3. The van der Waals surface area contributed by atoms with E-state index in [0.29, 0.717) is 19.0 Å². The second kappa shape index (κ2) is 7.55. The van der Waals surface area contributed by atoms with Gasteiger partial charge in [0.15, 0.2) is 0 Å². The first kappa shape index (κ1) is 19.2. The number of hydrogen-bond donors (Lipinski definition) is 2. The molecule has 1 saturated heterocycles. The zero-order valence-electron chi connectivity index (χ0n) is 14.7. The summed E-state index contributed by atoms with van der Waals surface area (Å²) in [5.41, 5.74) is -0.847. The Morgan fingerprint density at radius 1 is 1.26 bits per heavy atom. The molecule has 0 aliphatic carbocycles. The van der Waals surface area contributed by atoms with Gasteiger partial charge in [0.05, 0.1) is 12.0 Å². The van der Waals surface area contributed by atoms with E-state index in [4.69, 9.17) is 0 Å². The van der Waals surface area contributed by atoms with Crippen molar-refractivity contribution in [1.29, 1.82) is 0 Å². The van der Waals surface area contributed by atoms with Crippen LogP contribution in [0.3, 0.4) is 0 Å². The molecule has 1 aromatic carbocycles. The van der Waals surface area contributed by atoms with Crippen LogP contribution < -0.4 is 10.6 Å². The number of halogens is 3.